The summed E-state index contributed by atoms with van der Waals surface area (Å²) in [7, 11) is -1.86. The molecule has 2 fully saturated rings. The van der Waals surface area contributed by atoms with E-state index in [4.69, 9.17) is 0 Å². The summed E-state index contributed by atoms with van der Waals surface area (Å²) in [6.45, 7) is 0.770. The second kappa shape index (κ2) is 8.78. The van der Waals surface area contributed by atoms with Gasteiger partial charge in [-0.3, -0.25) is 4.68 Å². The molecule has 2 aromatic rings. The molecule has 12 heteroatoms. The molecule has 1 saturated carbocycles. The zero-order chi connectivity index (χ0) is 22.0. The van der Waals surface area contributed by atoms with E-state index in [-0.39, 0.29) is 23.1 Å². The average Bonchev–Trinajstić information content (AvgIpc) is 3.37. The van der Waals surface area contributed by atoms with Gasteiger partial charge in [-0.1, -0.05) is 0 Å². The Labute approximate surface area is 181 Å². The summed E-state index contributed by atoms with van der Waals surface area (Å²) in [5.41, 5.74) is 0.351. The van der Waals surface area contributed by atoms with Gasteiger partial charge in [-0.2, -0.15) is 19.6 Å². The summed E-state index contributed by atoms with van der Waals surface area (Å²) < 4.78 is 28.4. The number of aliphatic hydroxyl groups is 1. The summed E-state index contributed by atoms with van der Waals surface area (Å²) in [6.07, 6.45) is 7.42. The number of aliphatic hydroxyl groups excluding tert-OH is 1. The van der Waals surface area contributed by atoms with Crippen LogP contribution >= 0.6 is 0 Å². The first-order valence-electron chi connectivity index (χ1n) is 10.3. The van der Waals surface area contributed by atoms with E-state index in [2.05, 4.69) is 31.8 Å². The van der Waals surface area contributed by atoms with Crippen LogP contribution in [0.25, 0.3) is 0 Å². The van der Waals surface area contributed by atoms with Crippen molar-refractivity contribution in [2.24, 2.45) is 7.05 Å². The molecular formula is C19H26N8O3S. The monoisotopic (exact) mass is 446 g/mol. The van der Waals surface area contributed by atoms with E-state index in [0.29, 0.717) is 49.7 Å². The van der Waals surface area contributed by atoms with Crippen molar-refractivity contribution in [3.63, 3.8) is 0 Å². The lowest BCUT2D eigenvalue weighted by molar-refractivity contribution is 0.182. The van der Waals surface area contributed by atoms with E-state index in [0.717, 1.165) is 12.8 Å². The van der Waals surface area contributed by atoms with E-state index in [9.17, 15) is 18.8 Å². The summed E-state index contributed by atoms with van der Waals surface area (Å²) in [6, 6.07) is 2.19. The highest BCUT2D eigenvalue weighted by atomic mass is 32.2. The Kier molecular flexibility index (Phi) is 6.08. The number of rotatable bonds is 6. The van der Waals surface area contributed by atoms with Gasteiger partial charge in [0.25, 0.3) is 0 Å². The highest BCUT2D eigenvalue weighted by molar-refractivity contribution is 7.89. The second-order valence-electron chi connectivity index (χ2n) is 8.05. The third-order valence-corrected chi connectivity index (χ3v) is 7.61. The minimum absolute atomic E-state index is 0.0226. The van der Waals surface area contributed by atoms with Crippen molar-refractivity contribution >= 4 is 21.8 Å². The Morgan fingerprint density at radius 2 is 1.94 bits per heavy atom. The fourth-order valence-corrected chi connectivity index (χ4v) is 5.49. The molecule has 3 heterocycles. The number of nitrogens with one attached hydrogen (secondary N) is 2. The molecule has 4 rings (SSSR count). The van der Waals surface area contributed by atoms with Gasteiger partial charge < -0.3 is 15.7 Å². The summed E-state index contributed by atoms with van der Waals surface area (Å²) in [5, 5.41) is 29.5. The van der Waals surface area contributed by atoms with Crippen LogP contribution in [-0.2, 0) is 17.1 Å². The van der Waals surface area contributed by atoms with Crippen molar-refractivity contribution in [1.29, 1.82) is 5.26 Å². The maximum Gasteiger partial charge on any atom is 0.246 e. The molecule has 2 aliphatic rings. The van der Waals surface area contributed by atoms with Crippen LogP contribution in [0.15, 0.2) is 23.5 Å². The number of hydrogen-bond acceptors (Lipinski definition) is 9. The standard InChI is InChI=1S/C19H26N8O3S/c1-26-12-17(11-22-26)31(29,30)27-6-4-14(5-7-27)24-19-21-10-13(9-20)18(25-19)23-15-2-3-16(28)8-15/h10-12,14-16,28H,2-8H2,1H3,(H2,21,23,24,25)/t15-,16+/m0/s1. The molecule has 1 saturated heterocycles. The molecule has 166 valence electrons. The normalized spacial score (nSPS) is 22.9. The van der Waals surface area contributed by atoms with Crippen molar-refractivity contribution in [1.82, 2.24) is 24.1 Å². The SMILES string of the molecule is Cn1cc(S(=O)(=O)N2CCC(Nc3ncc(C#N)c(N[C@H]4CC[C@@H](O)C4)n3)CC2)cn1. The number of sulfonamides is 1. The Morgan fingerprint density at radius 3 is 2.55 bits per heavy atom. The molecule has 11 nitrogen and oxygen atoms in total. The van der Waals surface area contributed by atoms with E-state index < -0.39 is 10.0 Å². The largest absolute Gasteiger partial charge is 0.393 e. The van der Waals surface area contributed by atoms with Crippen LogP contribution < -0.4 is 10.6 Å². The number of aromatic nitrogens is 4. The van der Waals surface area contributed by atoms with Gasteiger partial charge in [0, 0.05) is 38.4 Å². The van der Waals surface area contributed by atoms with Gasteiger partial charge in [-0.05, 0) is 32.1 Å². The van der Waals surface area contributed by atoms with Gasteiger partial charge in [-0.25, -0.2) is 13.4 Å². The van der Waals surface area contributed by atoms with E-state index >= 15 is 0 Å². The molecule has 0 spiro atoms. The van der Waals surface area contributed by atoms with Gasteiger partial charge >= 0.3 is 0 Å². The van der Waals surface area contributed by atoms with Crippen LogP contribution in [0.4, 0.5) is 11.8 Å². The fraction of sp³-hybridized carbons (Fsp3) is 0.579. The maximum atomic E-state index is 12.7. The highest BCUT2D eigenvalue weighted by Crippen LogP contribution is 2.25. The molecule has 1 aliphatic heterocycles. The van der Waals surface area contributed by atoms with Crippen LogP contribution in [-0.4, -0.2) is 68.9 Å². The predicted molar refractivity (Wildman–Crippen MR) is 113 cm³/mol. The van der Waals surface area contributed by atoms with Crippen molar-refractivity contribution in [2.75, 3.05) is 23.7 Å². The van der Waals surface area contributed by atoms with Gasteiger partial charge in [-0.15, -0.1) is 0 Å². The summed E-state index contributed by atoms with van der Waals surface area (Å²) in [4.78, 5) is 8.90. The number of nitriles is 1. The van der Waals surface area contributed by atoms with Crippen LogP contribution in [0.2, 0.25) is 0 Å². The van der Waals surface area contributed by atoms with Crippen LogP contribution in [0.3, 0.4) is 0 Å². The van der Waals surface area contributed by atoms with Crippen LogP contribution in [0.1, 0.15) is 37.7 Å². The molecular weight excluding hydrogens is 420 g/mol. The first-order chi connectivity index (χ1) is 14.8. The number of piperidine rings is 1. The molecule has 1 aliphatic carbocycles. The first-order valence-corrected chi connectivity index (χ1v) is 11.8. The fourth-order valence-electron chi connectivity index (χ4n) is 4.03. The zero-order valence-corrected chi connectivity index (χ0v) is 18.1. The molecule has 2 aromatic heterocycles. The summed E-state index contributed by atoms with van der Waals surface area (Å²) in [5.74, 6) is 0.851. The molecule has 0 amide bonds. The quantitative estimate of drug-likeness (QED) is 0.582. The first kappa shape index (κ1) is 21.5. The Balaban J connectivity index is 1.38. The van der Waals surface area contributed by atoms with Crippen molar-refractivity contribution < 1.29 is 13.5 Å². The average molecular weight is 447 g/mol. The second-order valence-corrected chi connectivity index (χ2v) is 9.99. The molecule has 0 aromatic carbocycles. The third-order valence-electron chi connectivity index (χ3n) is 5.76. The molecule has 0 bridgehead atoms. The smallest absolute Gasteiger partial charge is 0.246 e. The lowest BCUT2D eigenvalue weighted by atomic mass is 10.1. The maximum absolute atomic E-state index is 12.7. The summed E-state index contributed by atoms with van der Waals surface area (Å²) >= 11 is 0. The minimum Gasteiger partial charge on any atom is -0.393 e. The predicted octanol–water partition coefficient (Wildman–Crippen LogP) is 0.672. The number of anilines is 2. The molecule has 31 heavy (non-hydrogen) atoms. The van der Waals surface area contributed by atoms with E-state index in [1.54, 1.807) is 7.05 Å². The lowest BCUT2D eigenvalue weighted by Crippen LogP contribution is -2.42. The van der Waals surface area contributed by atoms with E-state index in [1.807, 2.05) is 0 Å². The lowest BCUT2D eigenvalue weighted by Gasteiger charge is -2.31. The minimum atomic E-state index is -3.55. The highest BCUT2D eigenvalue weighted by Gasteiger charge is 2.31. The Morgan fingerprint density at radius 1 is 1.16 bits per heavy atom. The molecule has 2 atom stereocenters. The zero-order valence-electron chi connectivity index (χ0n) is 17.3. The Hall–Kier alpha value is -2.75. The van der Waals surface area contributed by atoms with Gasteiger partial charge in [0.15, 0.2) is 0 Å². The van der Waals surface area contributed by atoms with Crippen molar-refractivity contribution in [2.45, 2.75) is 55.2 Å². The van der Waals surface area contributed by atoms with Crippen molar-refractivity contribution in [3.05, 3.63) is 24.2 Å². The van der Waals surface area contributed by atoms with Gasteiger partial charge in [0.1, 0.15) is 22.3 Å². The van der Waals surface area contributed by atoms with Gasteiger partial charge in [0.2, 0.25) is 16.0 Å². The van der Waals surface area contributed by atoms with Crippen molar-refractivity contribution in [3.8, 4) is 6.07 Å². The molecule has 3 N–H and O–H groups in total. The number of hydrogen-bond donors (Lipinski definition) is 3. The number of aryl methyl sites for hydroxylation is 1. The molecule has 0 radical (unpaired) electrons. The number of nitrogens with zero attached hydrogens (tertiary/aromatic N) is 6. The van der Waals surface area contributed by atoms with Gasteiger partial charge in [0.05, 0.1) is 18.5 Å². The topological polar surface area (TPSA) is 149 Å². The van der Waals surface area contributed by atoms with E-state index in [1.165, 1.54) is 27.6 Å². The van der Waals surface area contributed by atoms with Crippen LogP contribution in [0.5, 0.6) is 0 Å². The molecule has 0 unspecified atom stereocenters. The van der Waals surface area contributed by atoms with Crippen LogP contribution in [0, 0.1) is 11.3 Å². The third kappa shape index (κ3) is 4.79. The Bertz CT molecular complexity index is 1070.